The van der Waals surface area contributed by atoms with Crippen LogP contribution in [0.25, 0.3) is 4.96 Å². The van der Waals surface area contributed by atoms with Gasteiger partial charge in [0.05, 0.1) is 16.1 Å². The first-order valence-corrected chi connectivity index (χ1v) is 11.3. The summed E-state index contributed by atoms with van der Waals surface area (Å²) in [6, 6.07) is 11.3. The maximum absolute atomic E-state index is 12.4. The number of anilines is 1. The number of fused-ring (bicyclic) bond motifs is 1. The summed E-state index contributed by atoms with van der Waals surface area (Å²) in [5.41, 5.74) is 1.00. The molecule has 156 valence electrons. The molecule has 31 heavy (non-hydrogen) atoms. The van der Waals surface area contributed by atoms with Crippen LogP contribution in [0.2, 0.25) is 0 Å². The molecule has 0 atom stereocenters. The van der Waals surface area contributed by atoms with Gasteiger partial charge in [-0.15, -0.1) is 11.3 Å². The molecule has 3 heterocycles. The molecule has 0 saturated heterocycles. The number of nitrogens with zero attached hydrogens (tertiary/aromatic N) is 3. The summed E-state index contributed by atoms with van der Waals surface area (Å²) in [7, 11) is 0. The fourth-order valence-electron chi connectivity index (χ4n) is 2.95. The largest absolute Gasteiger partial charge is 0.456 e. The molecule has 3 aromatic heterocycles. The van der Waals surface area contributed by atoms with Crippen molar-refractivity contribution in [1.82, 2.24) is 14.6 Å². The van der Waals surface area contributed by atoms with Crippen LogP contribution in [0.3, 0.4) is 0 Å². The lowest BCUT2D eigenvalue weighted by Crippen LogP contribution is -2.16. The maximum atomic E-state index is 12.4. The van der Waals surface area contributed by atoms with E-state index in [2.05, 4.69) is 15.4 Å². The topological polar surface area (TPSA) is 103 Å². The standard InChI is InChI=1S/C21H16N4O4S2/c26-17-10-15(23-21-25(17)24-19(31-21)12-3-4-12)11-29-20(28)13-5-7-14(8-6-13)22-18(27)16-2-1-9-30-16/h1-2,5-10,12H,3-4,11H2,(H,22,27). The third-order valence-electron chi connectivity index (χ3n) is 4.71. The van der Waals surface area contributed by atoms with Crippen molar-refractivity contribution in [2.75, 3.05) is 5.32 Å². The van der Waals surface area contributed by atoms with E-state index in [0.29, 0.717) is 32.7 Å². The van der Waals surface area contributed by atoms with Gasteiger partial charge in [-0.3, -0.25) is 9.59 Å². The summed E-state index contributed by atoms with van der Waals surface area (Å²) in [5, 5.41) is 9.85. The van der Waals surface area contributed by atoms with E-state index in [1.54, 1.807) is 36.4 Å². The number of amides is 1. The van der Waals surface area contributed by atoms with Crippen molar-refractivity contribution in [3.63, 3.8) is 0 Å². The fourth-order valence-corrected chi connectivity index (χ4v) is 4.66. The zero-order valence-electron chi connectivity index (χ0n) is 16.1. The van der Waals surface area contributed by atoms with Gasteiger partial charge in [-0.1, -0.05) is 17.4 Å². The van der Waals surface area contributed by atoms with Gasteiger partial charge in [0.2, 0.25) is 4.96 Å². The summed E-state index contributed by atoms with van der Waals surface area (Å²) in [6.45, 7) is -0.113. The number of hydrogen-bond acceptors (Lipinski definition) is 8. The van der Waals surface area contributed by atoms with Gasteiger partial charge in [-0.2, -0.15) is 9.61 Å². The van der Waals surface area contributed by atoms with Crippen LogP contribution in [0.4, 0.5) is 5.69 Å². The Morgan fingerprint density at radius 3 is 2.71 bits per heavy atom. The third-order valence-corrected chi connectivity index (χ3v) is 6.65. The van der Waals surface area contributed by atoms with Crippen molar-refractivity contribution in [3.8, 4) is 0 Å². The number of carbonyl (C=O) groups excluding carboxylic acids is 2. The van der Waals surface area contributed by atoms with E-state index < -0.39 is 5.97 Å². The Bertz CT molecular complexity index is 1320. The van der Waals surface area contributed by atoms with E-state index in [-0.39, 0.29) is 18.1 Å². The number of aromatic nitrogens is 3. The molecule has 10 heteroatoms. The Morgan fingerprint density at radius 2 is 2.00 bits per heavy atom. The molecule has 0 aliphatic heterocycles. The van der Waals surface area contributed by atoms with Crippen LogP contribution in [0.15, 0.2) is 52.6 Å². The van der Waals surface area contributed by atoms with Crippen molar-refractivity contribution in [2.45, 2.75) is 25.4 Å². The van der Waals surface area contributed by atoms with Crippen molar-refractivity contribution in [3.05, 3.63) is 79.3 Å². The summed E-state index contributed by atoms with van der Waals surface area (Å²) in [5.74, 6) is -0.308. The molecule has 1 aromatic carbocycles. The van der Waals surface area contributed by atoms with Gasteiger partial charge in [0, 0.05) is 17.7 Å². The molecule has 1 aliphatic carbocycles. The molecule has 1 N–H and O–H groups in total. The van der Waals surface area contributed by atoms with Gasteiger partial charge in [0.15, 0.2) is 0 Å². The van der Waals surface area contributed by atoms with E-state index in [1.165, 1.54) is 33.3 Å². The molecule has 5 rings (SSSR count). The van der Waals surface area contributed by atoms with Crippen LogP contribution in [0.5, 0.6) is 0 Å². The molecule has 1 amide bonds. The highest BCUT2D eigenvalue weighted by Gasteiger charge is 2.28. The average Bonchev–Trinajstić information content (AvgIpc) is 3.29. The van der Waals surface area contributed by atoms with Crippen LogP contribution in [-0.2, 0) is 11.3 Å². The minimum Gasteiger partial charge on any atom is -0.456 e. The lowest BCUT2D eigenvalue weighted by atomic mass is 10.2. The van der Waals surface area contributed by atoms with Gasteiger partial charge >= 0.3 is 5.97 Å². The summed E-state index contributed by atoms with van der Waals surface area (Å²) >= 11 is 2.75. The number of carbonyl (C=O) groups is 2. The van der Waals surface area contributed by atoms with Crippen LogP contribution < -0.4 is 10.9 Å². The number of ether oxygens (including phenoxy) is 1. The minimum atomic E-state index is -0.541. The zero-order chi connectivity index (χ0) is 21.4. The smallest absolute Gasteiger partial charge is 0.338 e. The lowest BCUT2D eigenvalue weighted by molar-refractivity contribution is 0.0467. The van der Waals surface area contributed by atoms with Gasteiger partial charge in [0.1, 0.15) is 11.6 Å². The van der Waals surface area contributed by atoms with E-state index in [0.717, 1.165) is 17.8 Å². The van der Waals surface area contributed by atoms with Crippen molar-refractivity contribution in [1.29, 1.82) is 0 Å². The number of esters is 1. The Kier molecular flexibility index (Phi) is 5.08. The SMILES string of the molecule is O=C(OCc1cc(=O)n2nc(C3CC3)sc2n1)c1ccc(NC(=O)c2cccs2)cc1. The highest BCUT2D eigenvalue weighted by molar-refractivity contribution is 7.16. The highest BCUT2D eigenvalue weighted by atomic mass is 32.1. The van der Waals surface area contributed by atoms with Crippen LogP contribution in [-0.4, -0.2) is 26.5 Å². The fraction of sp³-hybridized carbons (Fsp3) is 0.190. The molecule has 4 aromatic rings. The van der Waals surface area contributed by atoms with Crippen molar-refractivity contribution in [2.24, 2.45) is 0 Å². The average molecular weight is 453 g/mol. The minimum absolute atomic E-state index is 0.113. The van der Waals surface area contributed by atoms with Gasteiger partial charge < -0.3 is 10.1 Å². The summed E-state index contributed by atoms with van der Waals surface area (Å²) in [4.78, 5) is 42.2. The third kappa shape index (κ3) is 4.25. The van der Waals surface area contributed by atoms with E-state index in [1.807, 2.05) is 5.38 Å². The first-order valence-electron chi connectivity index (χ1n) is 9.58. The van der Waals surface area contributed by atoms with Crippen molar-refractivity contribution >= 4 is 45.2 Å². The monoisotopic (exact) mass is 452 g/mol. The molecule has 8 nitrogen and oxygen atoms in total. The highest BCUT2D eigenvalue weighted by Crippen LogP contribution is 2.41. The van der Waals surface area contributed by atoms with E-state index in [9.17, 15) is 14.4 Å². The Hall–Kier alpha value is -3.37. The molecule has 0 radical (unpaired) electrons. The molecule has 1 saturated carbocycles. The predicted molar refractivity (Wildman–Crippen MR) is 117 cm³/mol. The second-order valence-electron chi connectivity index (χ2n) is 7.08. The number of nitrogens with one attached hydrogen (secondary N) is 1. The summed E-state index contributed by atoms with van der Waals surface area (Å²) in [6.07, 6.45) is 2.19. The van der Waals surface area contributed by atoms with Gasteiger partial charge in [-0.25, -0.2) is 9.78 Å². The molecule has 1 aliphatic rings. The Labute approximate surface area is 184 Å². The Morgan fingerprint density at radius 1 is 1.19 bits per heavy atom. The van der Waals surface area contributed by atoms with E-state index in [4.69, 9.17) is 4.74 Å². The first kappa shape index (κ1) is 19.6. The van der Waals surface area contributed by atoms with Crippen LogP contribution in [0, 0.1) is 0 Å². The zero-order valence-corrected chi connectivity index (χ0v) is 17.7. The molecule has 1 fully saturated rings. The molecule has 0 spiro atoms. The molecular formula is C21H16N4O4S2. The number of hydrogen-bond donors (Lipinski definition) is 1. The molecule has 0 bridgehead atoms. The Balaban J connectivity index is 1.23. The number of rotatable bonds is 6. The number of thiophene rings is 1. The van der Waals surface area contributed by atoms with Gasteiger partial charge in [-0.05, 0) is 48.6 Å². The van der Waals surface area contributed by atoms with Crippen LogP contribution in [0.1, 0.15) is 49.5 Å². The van der Waals surface area contributed by atoms with Crippen molar-refractivity contribution < 1.29 is 14.3 Å². The lowest BCUT2D eigenvalue weighted by Gasteiger charge is -2.06. The number of benzene rings is 1. The second kappa shape index (κ2) is 8.05. The van der Waals surface area contributed by atoms with Crippen LogP contribution >= 0.6 is 22.7 Å². The van der Waals surface area contributed by atoms with E-state index >= 15 is 0 Å². The normalized spacial score (nSPS) is 13.3. The second-order valence-corrected chi connectivity index (χ2v) is 9.01. The maximum Gasteiger partial charge on any atom is 0.338 e. The molecular weight excluding hydrogens is 436 g/mol. The first-order chi connectivity index (χ1) is 15.1. The summed E-state index contributed by atoms with van der Waals surface area (Å²) < 4.78 is 6.61. The molecule has 0 unspecified atom stereocenters. The quantitative estimate of drug-likeness (QED) is 0.448. The van der Waals surface area contributed by atoms with Gasteiger partial charge in [0.25, 0.3) is 11.5 Å². The predicted octanol–water partition coefficient (Wildman–Crippen LogP) is 3.70.